The number of benzene rings is 1. The molecule has 1 saturated heterocycles. The summed E-state index contributed by atoms with van der Waals surface area (Å²) in [5.74, 6) is 1.15. The van der Waals surface area contributed by atoms with E-state index in [1.165, 1.54) is 12.7 Å². The van der Waals surface area contributed by atoms with E-state index >= 15 is 0 Å². The Hall–Kier alpha value is -2.04. The molecule has 1 aromatic carbocycles. The number of amides is 1. The predicted molar refractivity (Wildman–Crippen MR) is 91.9 cm³/mol. The lowest BCUT2D eigenvalue weighted by molar-refractivity contribution is -0.144. The van der Waals surface area contributed by atoms with Crippen LogP contribution in [-0.2, 0) is 20.7 Å². The third-order valence-corrected chi connectivity index (χ3v) is 4.64. The van der Waals surface area contributed by atoms with Crippen LogP contribution in [0.5, 0.6) is 5.75 Å². The lowest BCUT2D eigenvalue weighted by Gasteiger charge is -2.33. The van der Waals surface area contributed by atoms with Crippen molar-refractivity contribution in [1.82, 2.24) is 4.90 Å². The van der Waals surface area contributed by atoms with Crippen molar-refractivity contribution in [2.24, 2.45) is 5.92 Å². The molecule has 5 heteroatoms. The van der Waals surface area contributed by atoms with Crippen molar-refractivity contribution in [1.29, 1.82) is 0 Å². The summed E-state index contributed by atoms with van der Waals surface area (Å²) < 4.78 is 9.77. The zero-order valence-corrected chi connectivity index (χ0v) is 14.6. The van der Waals surface area contributed by atoms with Crippen LogP contribution in [0.4, 0.5) is 0 Å². The smallest absolute Gasteiger partial charge is 0.306 e. The minimum Gasteiger partial charge on any atom is -0.497 e. The molecule has 1 fully saturated rings. The van der Waals surface area contributed by atoms with Crippen molar-refractivity contribution in [2.45, 2.75) is 38.5 Å². The predicted octanol–water partition coefficient (Wildman–Crippen LogP) is 2.82. The maximum absolute atomic E-state index is 12.2. The number of methoxy groups -OCH3 is 2. The zero-order valence-electron chi connectivity index (χ0n) is 14.6. The van der Waals surface area contributed by atoms with Gasteiger partial charge < -0.3 is 14.4 Å². The summed E-state index contributed by atoms with van der Waals surface area (Å²) in [6.07, 6.45) is 4.71. The van der Waals surface area contributed by atoms with Crippen LogP contribution in [0.2, 0.25) is 0 Å². The first-order valence-corrected chi connectivity index (χ1v) is 8.60. The van der Waals surface area contributed by atoms with Crippen LogP contribution in [-0.4, -0.2) is 44.1 Å². The molecule has 132 valence electrons. The number of esters is 1. The molecular weight excluding hydrogens is 306 g/mol. The van der Waals surface area contributed by atoms with Crippen molar-refractivity contribution >= 4 is 11.9 Å². The summed E-state index contributed by atoms with van der Waals surface area (Å²) in [5.41, 5.74) is 1.30. The molecule has 0 spiro atoms. The highest BCUT2D eigenvalue weighted by Gasteiger charge is 2.23. The highest BCUT2D eigenvalue weighted by Crippen LogP contribution is 2.23. The van der Waals surface area contributed by atoms with E-state index in [1.807, 2.05) is 17.0 Å². The Morgan fingerprint density at radius 3 is 2.58 bits per heavy atom. The second-order valence-corrected chi connectivity index (χ2v) is 6.31. The summed E-state index contributed by atoms with van der Waals surface area (Å²) in [7, 11) is 3.02. The number of nitrogens with zero attached hydrogens (tertiary/aromatic N) is 1. The van der Waals surface area contributed by atoms with Crippen LogP contribution in [0, 0.1) is 5.92 Å². The molecule has 0 unspecified atom stereocenters. The fourth-order valence-corrected chi connectivity index (χ4v) is 3.16. The van der Waals surface area contributed by atoms with Gasteiger partial charge in [-0.15, -0.1) is 0 Å². The number of piperidine rings is 1. The maximum Gasteiger partial charge on any atom is 0.306 e. The van der Waals surface area contributed by atoms with Gasteiger partial charge in [-0.3, -0.25) is 9.59 Å². The topological polar surface area (TPSA) is 55.8 Å². The number of hydrogen-bond acceptors (Lipinski definition) is 4. The van der Waals surface area contributed by atoms with E-state index in [0.717, 1.165) is 44.5 Å². The van der Waals surface area contributed by atoms with Crippen LogP contribution < -0.4 is 4.74 Å². The molecule has 0 saturated carbocycles. The summed E-state index contributed by atoms with van der Waals surface area (Å²) in [4.78, 5) is 25.3. The average molecular weight is 333 g/mol. The third kappa shape index (κ3) is 5.55. The molecular formula is C19H27NO4. The Labute approximate surface area is 143 Å². The lowest BCUT2D eigenvalue weighted by atomic mass is 9.91. The van der Waals surface area contributed by atoms with Crippen LogP contribution in [0.1, 0.15) is 37.7 Å². The zero-order chi connectivity index (χ0) is 17.4. The van der Waals surface area contributed by atoms with Gasteiger partial charge in [-0.25, -0.2) is 0 Å². The van der Waals surface area contributed by atoms with E-state index < -0.39 is 0 Å². The molecule has 0 N–H and O–H groups in total. The van der Waals surface area contributed by atoms with E-state index in [4.69, 9.17) is 4.74 Å². The number of carbonyl (C=O) groups is 2. The van der Waals surface area contributed by atoms with Gasteiger partial charge in [0, 0.05) is 19.5 Å². The number of likely N-dealkylation sites (tertiary alicyclic amines) is 1. The van der Waals surface area contributed by atoms with Gasteiger partial charge in [0.25, 0.3) is 0 Å². The van der Waals surface area contributed by atoms with Gasteiger partial charge in [0.1, 0.15) is 5.75 Å². The monoisotopic (exact) mass is 333 g/mol. The third-order valence-electron chi connectivity index (χ3n) is 4.64. The summed E-state index contributed by atoms with van der Waals surface area (Å²) in [6.45, 7) is 1.61. The van der Waals surface area contributed by atoms with Crippen molar-refractivity contribution in [2.75, 3.05) is 27.3 Å². The van der Waals surface area contributed by atoms with Gasteiger partial charge >= 0.3 is 5.97 Å². The fraction of sp³-hybridized carbons (Fsp3) is 0.579. The minimum absolute atomic E-state index is 0.0644. The summed E-state index contributed by atoms with van der Waals surface area (Å²) in [6, 6.07) is 8.17. The van der Waals surface area contributed by atoms with Gasteiger partial charge in [-0.2, -0.15) is 0 Å². The summed E-state index contributed by atoms with van der Waals surface area (Å²) >= 11 is 0. The van der Waals surface area contributed by atoms with Crippen molar-refractivity contribution < 1.29 is 19.1 Å². The quantitative estimate of drug-likeness (QED) is 0.720. The fourth-order valence-electron chi connectivity index (χ4n) is 3.16. The highest BCUT2D eigenvalue weighted by atomic mass is 16.5. The first-order valence-electron chi connectivity index (χ1n) is 8.60. The SMILES string of the molecule is COC(=O)CCC(=O)N1CCC[C@@H](CCc2ccc(OC)cc2)C1. The molecule has 1 aliphatic heterocycles. The average Bonchev–Trinajstić information content (AvgIpc) is 2.64. The van der Waals surface area contributed by atoms with Crippen LogP contribution in [0.15, 0.2) is 24.3 Å². The molecule has 0 radical (unpaired) electrons. The second kappa shape index (κ2) is 9.30. The van der Waals surface area contributed by atoms with Crippen LogP contribution >= 0.6 is 0 Å². The second-order valence-electron chi connectivity index (χ2n) is 6.31. The van der Waals surface area contributed by atoms with Crippen LogP contribution in [0.25, 0.3) is 0 Å². The largest absolute Gasteiger partial charge is 0.497 e. The highest BCUT2D eigenvalue weighted by molar-refractivity contribution is 5.81. The standard InChI is InChI=1S/C19H27NO4/c1-23-17-9-7-15(8-10-17)5-6-16-4-3-13-20(14-16)18(21)11-12-19(22)24-2/h7-10,16H,3-6,11-14H2,1-2H3/t16-/m0/s1. The van der Waals surface area contributed by atoms with Crippen molar-refractivity contribution in [3.05, 3.63) is 29.8 Å². The first kappa shape index (κ1) is 18.3. The molecule has 0 aliphatic carbocycles. The molecule has 1 aliphatic rings. The van der Waals surface area contributed by atoms with E-state index in [9.17, 15) is 9.59 Å². The molecule has 2 rings (SSSR count). The Bertz CT molecular complexity index is 541. The number of ether oxygens (including phenoxy) is 2. The molecule has 5 nitrogen and oxygen atoms in total. The van der Waals surface area contributed by atoms with Gasteiger partial charge in [0.2, 0.25) is 5.91 Å². The molecule has 24 heavy (non-hydrogen) atoms. The molecule has 1 amide bonds. The summed E-state index contributed by atoms with van der Waals surface area (Å²) in [5, 5.41) is 0. The molecule has 1 heterocycles. The van der Waals surface area contributed by atoms with E-state index in [1.54, 1.807) is 7.11 Å². The Kier molecular flexibility index (Phi) is 7.09. The van der Waals surface area contributed by atoms with Gasteiger partial charge in [0.05, 0.1) is 20.6 Å². The molecule has 0 aromatic heterocycles. The van der Waals surface area contributed by atoms with E-state index in [0.29, 0.717) is 5.92 Å². The number of rotatable bonds is 7. The van der Waals surface area contributed by atoms with Gasteiger partial charge in [-0.1, -0.05) is 12.1 Å². The van der Waals surface area contributed by atoms with E-state index in [2.05, 4.69) is 16.9 Å². The lowest BCUT2D eigenvalue weighted by Crippen LogP contribution is -2.40. The van der Waals surface area contributed by atoms with Gasteiger partial charge in [0.15, 0.2) is 0 Å². The Morgan fingerprint density at radius 2 is 1.92 bits per heavy atom. The minimum atomic E-state index is -0.323. The van der Waals surface area contributed by atoms with E-state index in [-0.39, 0.29) is 24.7 Å². The maximum atomic E-state index is 12.2. The Balaban J connectivity index is 1.77. The first-order chi connectivity index (χ1) is 11.6. The van der Waals surface area contributed by atoms with Crippen LogP contribution in [0.3, 0.4) is 0 Å². The number of aryl methyl sites for hydroxylation is 1. The number of carbonyl (C=O) groups excluding carboxylic acids is 2. The number of hydrogen-bond donors (Lipinski definition) is 0. The van der Waals surface area contributed by atoms with Crippen molar-refractivity contribution in [3.63, 3.8) is 0 Å². The van der Waals surface area contributed by atoms with Crippen molar-refractivity contribution in [3.8, 4) is 5.75 Å². The molecule has 1 aromatic rings. The molecule has 0 bridgehead atoms. The molecule has 1 atom stereocenters. The normalized spacial score (nSPS) is 17.4. The Morgan fingerprint density at radius 1 is 1.17 bits per heavy atom. The van der Waals surface area contributed by atoms with Gasteiger partial charge in [-0.05, 0) is 49.3 Å².